The molecule has 0 amide bonds. The highest BCUT2D eigenvalue weighted by Gasteiger charge is 2.31. The fourth-order valence-corrected chi connectivity index (χ4v) is 2.28. The monoisotopic (exact) mass is 273 g/mol. The average molecular weight is 273 g/mol. The molecule has 1 N–H and O–H groups in total. The Balaban J connectivity index is 1.69. The maximum Gasteiger partial charge on any atom is 0.198 e. The Hall–Kier alpha value is -1.88. The number of anilines is 1. The van der Waals surface area contributed by atoms with Crippen molar-refractivity contribution in [1.29, 1.82) is 0 Å². The summed E-state index contributed by atoms with van der Waals surface area (Å²) in [6.45, 7) is 0.783. The molecule has 1 aliphatic carbocycles. The molecule has 1 aliphatic rings. The number of pyridine rings is 1. The second-order valence-corrected chi connectivity index (χ2v) is 5.01. The number of nitrogens with one attached hydrogen (secondary N) is 1. The van der Waals surface area contributed by atoms with Crippen LogP contribution in [0.5, 0.6) is 0 Å². The van der Waals surface area contributed by atoms with Gasteiger partial charge in [0.25, 0.3) is 0 Å². The number of furan rings is 1. The molecule has 1 saturated carbocycles. The summed E-state index contributed by atoms with van der Waals surface area (Å²) in [6.07, 6.45) is 7.68. The number of aromatic nitrogens is 1. The van der Waals surface area contributed by atoms with Gasteiger partial charge in [0, 0.05) is 31.0 Å². The molecule has 4 nitrogen and oxygen atoms in total. The van der Waals surface area contributed by atoms with E-state index in [-0.39, 0.29) is 0 Å². The van der Waals surface area contributed by atoms with E-state index in [9.17, 15) is 0 Å². The Kier molecular flexibility index (Phi) is 3.46. The van der Waals surface area contributed by atoms with Gasteiger partial charge in [-0.1, -0.05) is 6.07 Å². The summed E-state index contributed by atoms with van der Waals surface area (Å²) in [5.74, 6) is 0.682. The van der Waals surface area contributed by atoms with Gasteiger partial charge in [0.2, 0.25) is 0 Å². The zero-order valence-corrected chi connectivity index (χ0v) is 11.3. The minimum absolute atomic E-state index is 0.537. The van der Waals surface area contributed by atoms with Crippen LogP contribution in [0.4, 0.5) is 5.88 Å². The van der Waals surface area contributed by atoms with Crippen LogP contribution >= 0.6 is 12.2 Å². The quantitative estimate of drug-likeness (QED) is 0.867. The van der Waals surface area contributed by atoms with Crippen molar-refractivity contribution >= 4 is 23.2 Å². The molecule has 2 heterocycles. The fourth-order valence-electron chi connectivity index (χ4n) is 1.97. The third-order valence-electron chi connectivity index (χ3n) is 3.08. The lowest BCUT2D eigenvalue weighted by Crippen LogP contribution is -2.35. The predicted octanol–water partition coefficient (Wildman–Crippen LogP) is 3.04. The van der Waals surface area contributed by atoms with E-state index in [0.717, 1.165) is 12.1 Å². The van der Waals surface area contributed by atoms with E-state index in [1.165, 1.54) is 12.8 Å². The molecule has 0 atom stereocenters. The molecule has 98 valence electrons. The van der Waals surface area contributed by atoms with Gasteiger partial charge in [0.15, 0.2) is 11.0 Å². The minimum Gasteiger partial charge on any atom is -0.449 e. The van der Waals surface area contributed by atoms with Gasteiger partial charge in [-0.25, -0.2) is 0 Å². The van der Waals surface area contributed by atoms with Crippen molar-refractivity contribution in [2.75, 3.05) is 5.32 Å². The van der Waals surface area contributed by atoms with Crippen LogP contribution in [0.1, 0.15) is 18.4 Å². The summed E-state index contributed by atoms with van der Waals surface area (Å²) in [6, 6.07) is 8.26. The third kappa shape index (κ3) is 3.12. The third-order valence-corrected chi connectivity index (χ3v) is 3.41. The van der Waals surface area contributed by atoms with Gasteiger partial charge in [0.05, 0.1) is 6.26 Å². The lowest BCUT2D eigenvalue weighted by molar-refractivity contribution is 0.407. The summed E-state index contributed by atoms with van der Waals surface area (Å²) in [7, 11) is 0. The minimum atomic E-state index is 0.537. The summed E-state index contributed by atoms with van der Waals surface area (Å²) in [5, 5.41) is 3.84. The molecule has 1 fully saturated rings. The molecule has 0 radical (unpaired) electrons. The van der Waals surface area contributed by atoms with Crippen molar-refractivity contribution in [1.82, 2.24) is 9.88 Å². The van der Waals surface area contributed by atoms with Crippen molar-refractivity contribution in [2.45, 2.75) is 25.4 Å². The van der Waals surface area contributed by atoms with E-state index in [1.807, 2.05) is 24.4 Å². The first-order valence-corrected chi connectivity index (χ1v) is 6.74. The highest BCUT2D eigenvalue weighted by atomic mass is 32.1. The van der Waals surface area contributed by atoms with Crippen LogP contribution in [-0.4, -0.2) is 21.0 Å². The molecule has 0 bridgehead atoms. The van der Waals surface area contributed by atoms with E-state index in [4.69, 9.17) is 16.6 Å². The molecule has 0 aromatic carbocycles. The molecule has 2 aromatic heterocycles. The molecule has 0 aliphatic heterocycles. The smallest absolute Gasteiger partial charge is 0.198 e. The van der Waals surface area contributed by atoms with Crippen LogP contribution in [0.15, 0.2) is 47.3 Å². The number of nitrogens with zero attached hydrogens (tertiary/aromatic N) is 2. The molecular weight excluding hydrogens is 258 g/mol. The normalized spacial score (nSPS) is 14.1. The summed E-state index contributed by atoms with van der Waals surface area (Å²) >= 11 is 5.47. The maximum absolute atomic E-state index is 5.47. The summed E-state index contributed by atoms with van der Waals surface area (Å²) in [5.41, 5.74) is 1.16. The second kappa shape index (κ2) is 5.40. The summed E-state index contributed by atoms with van der Waals surface area (Å²) in [4.78, 5) is 6.35. The van der Waals surface area contributed by atoms with Crippen molar-refractivity contribution in [2.24, 2.45) is 0 Å². The lowest BCUT2D eigenvalue weighted by Gasteiger charge is -2.25. The topological polar surface area (TPSA) is 41.3 Å². The van der Waals surface area contributed by atoms with Gasteiger partial charge < -0.3 is 14.6 Å². The molecule has 19 heavy (non-hydrogen) atoms. The molecule has 3 rings (SSSR count). The van der Waals surface area contributed by atoms with E-state index in [2.05, 4.69) is 21.3 Å². The van der Waals surface area contributed by atoms with Crippen LogP contribution in [0.3, 0.4) is 0 Å². The number of rotatable bonds is 4. The Bertz CT molecular complexity index is 537. The molecule has 0 unspecified atom stereocenters. The Morgan fingerprint density at radius 2 is 2.32 bits per heavy atom. The number of thiocarbonyl (C=S) groups is 1. The molecule has 5 heteroatoms. The second-order valence-electron chi connectivity index (χ2n) is 4.63. The number of hydrogen-bond acceptors (Lipinski definition) is 3. The van der Waals surface area contributed by atoms with Crippen molar-refractivity contribution in [3.05, 3.63) is 48.5 Å². The Labute approximate surface area is 117 Å². The van der Waals surface area contributed by atoms with Crippen molar-refractivity contribution in [3.63, 3.8) is 0 Å². The molecule has 0 saturated heterocycles. The van der Waals surface area contributed by atoms with E-state index in [1.54, 1.807) is 12.5 Å². The highest BCUT2D eigenvalue weighted by molar-refractivity contribution is 7.80. The maximum atomic E-state index is 5.47. The number of hydrogen-bond donors (Lipinski definition) is 1. The lowest BCUT2D eigenvalue weighted by atomic mass is 10.2. The first-order valence-electron chi connectivity index (χ1n) is 6.33. The summed E-state index contributed by atoms with van der Waals surface area (Å²) < 4.78 is 5.27. The average Bonchev–Trinajstić information content (AvgIpc) is 3.15. The van der Waals surface area contributed by atoms with Crippen LogP contribution in [-0.2, 0) is 6.54 Å². The highest BCUT2D eigenvalue weighted by Crippen LogP contribution is 2.29. The van der Waals surface area contributed by atoms with Crippen LogP contribution < -0.4 is 5.32 Å². The van der Waals surface area contributed by atoms with Crippen LogP contribution in [0.25, 0.3) is 0 Å². The van der Waals surface area contributed by atoms with Crippen LogP contribution in [0.2, 0.25) is 0 Å². The fraction of sp³-hybridized carbons (Fsp3) is 0.286. The predicted molar refractivity (Wildman–Crippen MR) is 77.7 cm³/mol. The van der Waals surface area contributed by atoms with Crippen molar-refractivity contribution in [3.8, 4) is 0 Å². The molecular formula is C14H15N3OS. The zero-order valence-electron chi connectivity index (χ0n) is 10.5. The molecule has 0 spiro atoms. The Morgan fingerprint density at radius 3 is 2.95 bits per heavy atom. The zero-order chi connectivity index (χ0) is 13.1. The van der Waals surface area contributed by atoms with Crippen molar-refractivity contribution < 1.29 is 4.42 Å². The van der Waals surface area contributed by atoms with Gasteiger partial charge in [-0.15, -0.1) is 0 Å². The SMILES string of the molecule is S=C(Nc1ccco1)N(Cc1cccnc1)C1CC1. The van der Waals surface area contributed by atoms with Gasteiger partial charge in [0.1, 0.15) is 0 Å². The largest absolute Gasteiger partial charge is 0.449 e. The van der Waals surface area contributed by atoms with Gasteiger partial charge in [-0.3, -0.25) is 4.98 Å². The first kappa shape index (κ1) is 12.2. The van der Waals surface area contributed by atoms with E-state index >= 15 is 0 Å². The van der Waals surface area contributed by atoms with Gasteiger partial charge in [-0.2, -0.15) is 0 Å². The van der Waals surface area contributed by atoms with Gasteiger partial charge in [-0.05, 0) is 42.8 Å². The molecule has 2 aromatic rings. The standard InChI is InChI=1S/C14H15N3OS/c19-14(16-13-4-2-8-18-13)17(12-5-6-12)10-11-3-1-7-15-9-11/h1-4,7-9,12H,5-6,10H2,(H,16,19). The van der Waals surface area contributed by atoms with E-state index < -0.39 is 0 Å². The van der Waals surface area contributed by atoms with Crippen LogP contribution in [0, 0.1) is 0 Å². The van der Waals surface area contributed by atoms with Gasteiger partial charge >= 0.3 is 0 Å². The van der Waals surface area contributed by atoms with E-state index in [0.29, 0.717) is 17.0 Å². The first-order chi connectivity index (χ1) is 9.33. The Morgan fingerprint density at radius 1 is 1.42 bits per heavy atom.